The zero-order chi connectivity index (χ0) is 13.6. The standard InChI is InChI=1S/C14H10BrClN2O/c15-11-4-2-1-3-9(11)14(19)10-7-8(16)5-6-12(10)18-13(14)17/h1-7,19H,(H2,17,18). The maximum Gasteiger partial charge on any atom is 0.175 e. The third kappa shape index (κ3) is 1.79. The summed E-state index contributed by atoms with van der Waals surface area (Å²) >= 11 is 9.45. The number of aliphatic imine (C=N–C) groups is 1. The molecule has 1 unspecified atom stereocenters. The number of fused-ring (bicyclic) bond motifs is 1. The Hall–Kier alpha value is -1.36. The zero-order valence-corrected chi connectivity index (χ0v) is 12.1. The number of nitrogens with zero attached hydrogens (tertiary/aromatic N) is 1. The van der Waals surface area contributed by atoms with Crippen LogP contribution in [0.1, 0.15) is 11.1 Å². The minimum atomic E-state index is -1.44. The Bertz CT molecular complexity index is 702. The van der Waals surface area contributed by atoms with Crippen LogP contribution in [0.5, 0.6) is 0 Å². The Morgan fingerprint density at radius 2 is 1.89 bits per heavy atom. The Morgan fingerprint density at radius 3 is 2.63 bits per heavy atom. The number of aliphatic hydroxyl groups is 1. The monoisotopic (exact) mass is 336 g/mol. The molecule has 0 bridgehead atoms. The van der Waals surface area contributed by atoms with Crippen molar-refractivity contribution < 1.29 is 5.11 Å². The van der Waals surface area contributed by atoms with Gasteiger partial charge in [0.1, 0.15) is 5.84 Å². The largest absolute Gasteiger partial charge is 0.384 e. The van der Waals surface area contributed by atoms with Crippen LogP contribution in [-0.4, -0.2) is 10.9 Å². The number of halogens is 2. The molecule has 3 rings (SSSR count). The van der Waals surface area contributed by atoms with E-state index < -0.39 is 5.60 Å². The van der Waals surface area contributed by atoms with Gasteiger partial charge in [0.25, 0.3) is 0 Å². The highest BCUT2D eigenvalue weighted by atomic mass is 79.9. The number of rotatable bonds is 1. The van der Waals surface area contributed by atoms with Crippen molar-refractivity contribution >= 4 is 39.1 Å². The third-order valence-electron chi connectivity index (χ3n) is 3.22. The first-order chi connectivity index (χ1) is 9.03. The molecule has 19 heavy (non-hydrogen) atoms. The Labute approximate surface area is 123 Å². The summed E-state index contributed by atoms with van der Waals surface area (Å²) in [4.78, 5) is 4.23. The van der Waals surface area contributed by atoms with Gasteiger partial charge in [0.05, 0.1) is 5.69 Å². The number of hydrogen-bond donors (Lipinski definition) is 2. The van der Waals surface area contributed by atoms with Gasteiger partial charge in [-0.25, -0.2) is 4.99 Å². The summed E-state index contributed by atoms with van der Waals surface area (Å²) in [6.07, 6.45) is 0. The highest BCUT2D eigenvalue weighted by Gasteiger charge is 2.43. The van der Waals surface area contributed by atoms with E-state index in [1.165, 1.54) is 0 Å². The average Bonchev–Trinajstić information content (AvgIpc) is 2.64. The number of hydrogen-bond acceptors (Lipinski definition) is 3. The summed E-state index contributed by atoms with van der Waals surface area (Å²) in [5, 5.41) is 11.6. The number of benzene rings is 2. The molecule has 3 N–H and O–H groups in total. The molecule has 3 nitrogen and oxygen atoms in total. The lowest BCUT2D eigenvalue weighted by atomic mass is 9.86. The summed E-state index contributed by atoms with van der Waals surface area (Å²) in [6, 6.07) is 12.5. The van der Waals surface area contributed by atoms with E-state index in [4.69, 9.17) is 17.3 Å². The molecule has 2 aromatic carbocycles. The summed E-state index contributed by atoms with van der Waals surface area (Å²) in [5.74, 6) is 0.150. The van der Waals surface area contributed by atoms with Gasteiger partial charge in [0.2, 0.25) is 0 Å². The van der Waals surface area contributed by atoms with Crippen molar-refractivity contribution in [3.63, 3.8) is 0 Å². The molecule has 0 saturated carbocycles. The average molecular weight is 338 g/mol. The maximum absolute atomic E-state index is 11.0. The molecule has 1 atom stereocenters. The van der Waals surface area contributed by atoms with Gasteiger partial charge in [-0.05, 0) is 24.3 Å². The van der Waals surface area contributed by atoms with Gasteiger partial charge in [-0.1, -0.05) is 45.7 Å². The van der Waals surface area contributed by atoms with Crippen molar-refractivity contribution in [3.8, 4) is 0 Å². The first-order valence-electron chi connectivity index (χ1n) is 5.65. The van der Waals surface area contributed by atoms with E-state index >= 15 is 0 Å². The minimum Gasteiger partial charge on any atom is -0.384 e. The summed E-state index contributed by atoms with van der Waals surface area (Å²) in [7, 11) is 0. The van der Waals surface area contributed by atoms with Crippen LogP contribution in [-0.2, 0) is 5.60 Å². The molecule has 0 saturated heterocycles. The van der Waals surface area contributed by atoms with E-state index in [9.17, 15) is 5.11 Å². The minimum absolute atomic E-state index is 0.150. The lowest BCUT2D eigenvalue weighted by Gasteiger charge is -2.25. The van der Waals surface area contributed by atoms with E-state index in [1.54, 1.807) is 18.2 Å². The molecule has 1 aliphatic rings. The van der Waals surface area contributed by atoms with Crippen LogP contribution in [0.25, 0.3) is 0 Å². The lowest BCUT2D eigenvalue weighted by molar-refractivity contribution is 0.158. The number of amidine groups is 1. The first kappa shape index (κ1) is 12.7. The van der Waals surface area contributed by atoms with E-state index in [2.05, 4.69) is 20.9 Å². The summed E-state index contributed by atoms with van der Waals surface area (Å²) in [5.41, 5.74) is 6.40. The first-order valence-corrected chi connectivity index (χ1v) is 6.82. The maximum atomic E-state index is 11.0. The molecule has 5 heteroatoms. The summed E-state index contributed by atoms with van der Waals surface area (Å²) in [6.45, 7) is 0. The molecular weight excluding hydrogens is 328 g/mol. The van der Waals surface area contributed by atoms with Gasteiger partial charge < -0.3 is 10.8 Å². The third-order valence-corrected chi connectivity index (χ3v) is 4.15. The van der Waals surface area contributed by atoms with Gasteiger partial charge >= 0.3 is 0 Å². The van der Waals surface area contributed by atoms with Crippen molar-refractivity contribution in [2.75, 3.05) is 0 Å². The predicted octanol–water partition coefficient (Wildman–Crippen LogP) is 3.34. The van der Waals surface area contributed by atoms with Gasteiger partial charge in [0.15, 0.2) is 5.60 Å². The van der Waals surface area contributed by atoms with Crippen molar-refractivity contribution in [3.05, 3.63) is 63.1 Å². The zero-order valence-electron chi connectivity index (χ0n) is 9.77. The summed E-state index contributed by atoms with van der Waals surface area (Å²) < 4.78 is 0.767. The van der Waals surface area contributed by atoms with Gasteiger partial charge in [-0.15, -0.1) is 0 Å². The Kier molecular flexibility index (Phi) is 2.89. The van der Waals surface area contributed by atoms with Crippen LogP contribution in [0.3, 0.4) is 0 Å². The van der Waals surface area contributed by atoms with Gasteiger partial charge in [-0.3, -0.25) is 0 Å². The highest BCUT2D eigenvalue weighted by molar-refractivity contribution is 9.10. The van der Waals surface area contributed by atoms with Crippen molar-refractivity contribution in [1.29, 1.82) is 0 Å². The van der Waals surface area contributed by atoms with Crippen LogP contribution in [0, 0.1) is 0 Å². The van der Waals surface area contributed by atoms with E-state index in [-0.39, 0.29) is 5.84 Å². The Morgan fingerprint density at radius 1 is 1.16 bits per heavy atom. The quantitative estimate of drug-likeness (QED) is 0.838. The second kappa shape index (κ2) is 4.34. The molecule has 0 fully saturated rings. The molecule has 2 aromatic rings. The number of nitrogens with two attached hydrogens (primary N) is 1. The molecule has 0 aliphatic carbocycles. The lowest BCUT2D eigenvalue weighted by Crippen LogP contribution is -2.39. The molecule has 1 heterocycles. The van der Waals surface area contributed by atoms with E-state index in [0.717, 1.165) is 4.47 Å². The fourth-order valence-electron chi connectivity index (χ4n) is 2.28. The van der Waals surface area contributed by atoms with E-state index in [1.807, 2.05) is 24.3 Å². The van der Waals surface area contributed by atoms with Crippen LogP contribution in [0.4, 0.5) is 5.69 Å². The van der Waals surface area contributed by atoms with Crippen LogP contribution in [0.15, 0.2) is 51.9 Å². The molecule has 96 valence electrons. The SMILES string of the molecule is NC1=Nc2ccc(Cl)cc2C1(O)c1ccccc1Br. The fourth-order valence-corrected chi connectivity index (χ4v) is 3.03. The molecule has 0 spiro atoms. The van der Waals surface area contributed by atoms with Crippen LogP contribution >= 0.6 is 27.5 Å². The van der Waals surface area contributed by atoms with Crippen molar-refractivity contribution in [1.82, 2.24) is 0 Å². The Balaban J connectivity index is 2.29. The molecule has 0 radical (unpaired) electrons. The van der Waals surface area contributed by atoms with Crippen LogP contribution < -0.4 is 5.73 Å². The van der Waals surface area contributed by atoms with Crippen molar-refractivity contribution in [2.24, 2.45) is 10.7 Å². The topological polar surface area (TPSA) is 58.6 Å². The molecule has 1 aliphatic heterocycles. The molecular formula is C14H10BrClN2O. The van der Waals surface area contributed by atoms with Gasteiger partial charge in [0, 0.05) is 20.6 Å². The van der Waals surface area contributed by atoms with Crippen molar-refractivity contribution in [2.45, 2.75) is 5.60 Å². The van der Waals surface area contributed by atoms with E-state index in [0.29, 0.717) is 21.8 Å². The molecule has 0 amide bonds. The smallest absolute Gasteiger partial charge is 0.175 e. The normalized spacial score (nSPS) is 21.1. The predicted molar refractivity (Wildman–Crippen MR) is 79.9 cm³/mol. The molecule has 0 aromatic heterocycles. The van der Waals surface area contributed by atoms with Gasteiger partial charge in [-0.2, -0.15) is 0 Å². The second-order valence-electron chi connectivity index (χ2n) is 4.35. The second-order valence-corrected chi connectivity index (χ2v) is 5.64. The fraction of sp³-hybridized carbons (Fsp3) is 0.0714. The highest BCUT2D eigenvalue weighted by Crippen LogP contribution is 2.44. The van der Waals surface area contributed by atoms with Crippen LogP contribution in [0.2, 0.25) is 5.02 Å².